The Morgan fingerprint density at radius 1 is 1.17 bits per heavy atom. The van der Waals surface area contributed by atoms with E-state index in [2.05, 4.69) is 15.3 Å². The molecular weight excluding hydrogens is 393 g/mol. The summed E-state index contributed by atoms with van der Waals surface area (Å²) in [5.74, 6) is -0.437. The molecule has 1 aliphatic rings. The summed E-state index contributed by atoms with van der Waals surface area (Å²) in [5, 5.41) is 5.20. The number of aromatic nitrogens is 2. The lowest BCUT2D eigenvalue weighted by molar-refractivity contribution is -0.172. The Hall–Kier alpha value is -3.00. The van der Waals surface area contributed by atoms with Crippen LogP contribution in [0.1, 0.15) is 19.2 Å². The van der Waals surface area contributed by atoms with Crippen molar-refractivity contribution in [2.75, 3.05) is 19.6 Å². The molecule has 8 heteroatoms. The van der Waals surface area contributed by atoms with Gasteiger partial charge in [-0.15, -0.1) is 0 Å². The molecule has 0 spiro atoms. The molecule has 0 unspecified atom stereocenters. The van der Waals surface area contributed by atoms with Crippen molar-refractivity contribution in [3.8, 4) is 11.3 Å². The standard InChI is InChI=1S/C22H21F3N4O/c1-15(30)29(14-22(23,24)25)21(9-11-26-13-21)20-27-10-8-19(28-20)18-7-6-16-4-2-3-5-17(16)12-18/h2-8,10,12,26H,9,11,13-14H2,1H3/t21-/m0/s1. The first-order valence-electron chi connectivity index (χ1n) is 9.67. The molecule has 1 aromatic heterocycles. The van der Waals surface area contributed by atoms with Crippen LogP contribution in [0.4, 0.5) is 13.2 Å². The Morgan fingerprint density at radius 2 is 1.93 bits per heavy atom. The van der Waals surface area contributed by atoms with Gasteiger partial charge in [-0.3, -0.25) is 4.79 Å². The molecule has 5 nitrogen and oxygen atoms in total. The zero-order chi connectivity index (χ0) is 21.4. The molecule has 3 aromatic rings. The fourth-order valence-corrected chi connectivity index (χ4v) is 4.06. The quantitative estimate of drug-likeness (QED) is 0.704. The molecule has 156 valence electrons. The Labute approximate surface area is 171 Å². The van der Waals surface area contributed by atoms with Gasteiger partial charge in [-0.1, -0.05) is 36.4 Å². The zero-order valence-electron chi connectivity index (χ0n) is 16.4. The Balaban J connectivity index is 1.78. The lowest BCUT2D eigenvalue weighted by Gasteiger charge is -2.39. The van der Waals surface area contributed by atoms with Crippen molar-refractivity contribution in [1.29, 1.82) is 0 Å². The fraction of sp³-hybridized carbons (Fsp3) is 0.318. The van der Waals surface area contributed by atoms with Gasteiger partial charge >= 0.3 is 6.18 Å². The summed E-state index contributed by atoms with van der Waals surface area (Å²) in [5.41, 5.74) is 0.199. The van der Waals surface area contributed by atoms with Gasteiger partial charge in [0, 0.05) is 25.2 Å². The van der Waals surface area contributed by atoms with Gasteiger partial charge in [0.15, 0.2) is 5.82 Å². The first kappa shape index (κ1) is 20.3. The highest BCUT2D eigenvalue weighted by Crippen LogP contribution is 2.36. The van der Waals surface area contributed by atoms with Crippen LogP contribution in [-0.4, -0.2) is 46.6 Å². The van der Waals surface area contributed by atoms with Crippen LogP contribution >= 0.6 is 0 Å². The lowest BCUT2D eigenvalue weighted by atomic mass is 9.93. The minimum absolute atomic E-state index is 0.170. The summed E-state index contributed by atoms with van der Waals surface area (Å²) >= 11 is 0. The van der Waals surface area contributed by atoms with E-state index in [1.807, 2.05) is 42.5 Å². The average Bonchev–Trinajstić information content (AvgIpc) is 3.22. The number of hydrogen-bond donors (Lipinski definition) is 1. The van der Waals surface area contributed by atoms with Crippen molar-refractivity contribution in [2.45, 2.75) is 25.1 Å². The number of carbonyl (C=O) groups excluding carboxylic acids is 1. The first-order chi connectivity index (χ1) is 14.3. The molecule has 1 aliphatic heterocycles. The molecule has 0 radical (unpaired) electrons. The van der Waals surface area contributed by atoms with Gasteiger partial charge in [-0.05, 0) is 35.9 Å². The number of halogens is 3. The van der Waals surface area contributed by atoms with Crippen LogP contribution in [-0.2, 0) is 10.3 Å². The van der Waals surface area contributed by atoms with Crippen molar-refractivity contribution in [1.82, 2.24) is 20.2 Å². The molecule has 0 bridgehead atoms. The number of benzene rings is 2. The van der Waals surface area contributed by atoms with E-state index in [4.69, 9.17) is 0 Å². The molecule has 1 N–H and O–H groups in total. The molecule has 4 rings (SSSR count). The number of alkyl halides is 3. The molecule has 0 aliphatic carbocycles. The Bertz CT molecular complexity index is 1080. The molecule has 2 aromatic carbocycles. The molecular formula is C22H21F3N4O. The van der Waals surface area contributed by atoms with Gasteiger partial charge in [-0.25, -0.2) is 9.97 Å². The van der Waals surface area contributed by atoms with E-state index in [0.717, 1.165) is 28.2 Å². The van der Waals surface area contributed by atoms with E-state index in [1.165, 1.54) is 0 Å². The smallest absolute Gasteiger partial charge is 0.320 e. The summed E-state index contributed by atoms with van der Waals surface area (Å²) < 4.78 is 39.7. The number of nitrogens with one attached hydrogen (secondary N) is 1. The molecule has 1 atom stereocenters. The van der Waals surface area contributed by atoms with Crippen molar-refractivity contribution >= 4 is 16.7 Å². The second-order valence-electron chi connectivity index (χ2n) is 7.51. The van der Waals surface area contributed by atoms with Gasteiger partial charge in [-0.2, -0.15) is 13.2 Å². The average molecular weight is 414 g/mol. The minimum Gasteiger partial charge on any atom is -0.320 e. The molecule has 2 heterocycles. The monoisotopic (exact) mass is 414 g/mol. The minimum atomic E-state index is -4.52. The third-order valence-electron chi connectivity index (χ3n) is 5.48. The van der Waals surface area contributed by atoms with Crippen molar-refractivity contribution < 1.29 is 18.0 Å². The van der Waals surface area contributed by atoms with Gasteiger partial charge < -0.3 is 10.2 Å². The molecule has 0 saturated carbocycles. The van der Waals surface area contributed by atoms with E-state index >= 15 is 0 Å². The first-order valence-corrected chi connectivity index (χ1v) is 9.67. The van der Waals surface area contributed by atoms with Crippen LogP contribution in [0.5, 0.6) is 0 Å². The van der Waals surface area contributed by atoms with Gasteiger partial charge in [0.1, 0.15) is 12.1 Å². The molecule has 1 saturated heterocycles. The summed E-state index contributed by atoms with van der Waals surface area (Å²) in [7, 11) is 0. The third-order valence-corrected chi connectivity index (χ3v) is 5.48. The van der Waals surface area contributed by atoms with Crippen LogP contribution in [0.25, 0.3) is 22.0 Å². The number of rotatable bonds is 4. The maximum atomic E-state index is 13.2. The lowest BCUT2D eigenvalue weighted by Crippen LogP contribution is -2.54. The number of fused-ring (bicyclic) bond motifs is 1. The maximum Gasteiger partial charge on any atom is 0.406 e. The SMILES string of the molecule is CC(=O)N(CC(F)(F)F)[C@@]1(c2nccc(-c3ccc4ccccc4c3)n2)CCNC1. The van der Waals surface area contributed by atoms with Crippen molar-refractivity contribution in [3.63, 3.8) is 0 Å². The van der Waals surface area contributed by atoms with Crippen LogP contribution in [0.3, 0.4) is 0 Å². The number of nitrogens with zero attached hydrogens (tertiary/aromatic N) is 3. The summed E-state index contributed by atoms with van der Waals surface area (Å²) in [6.07, 6.45) is -2.67. The normalized spacial score (nSPS) is 19.2. The summed E-state index contributed by atoms with van der Waals surface area (Å²) in [6.45, 7) is 0.460. The maximum absolute atomic E-state index is 13.2. The highest BCUT2D eigenvalue weighted by atomic mass is 19.4. The predicted octanol–water partition coefficient (Wildman–Crippen LogP) is 3.90. The van der Waals surface area contributed by atoms with Crippen LogP contribution in [0.15, 0.2) is 54.7 Å². The van der Waals surface area contributed by atoms with E-state index in [9.17, 15) is 18.0 Å². The highest BCUT2D eigenvalue weighted by molar-refractivity contribution is 5.86. The van der Waals surface area contributed by atoms with Crippen LogP contribution in [0.2, 0.25) is 0 Å². The van der Waals surface area contributed by atoms with Crippen LogP contribution < -0.4 is 5.32 Å². The molecule has 30 heavy (non-hydrogen) atoms. The topological polar surface area (TPSA) is 58.1 Å². The van der Waals surface area contributed by atoms with E-state index in [0.29, 0.717) is 18.7 Å². The number of hydrogen-bond acceptors (Lipinski definition) is 4. The van der Waals surface area contributed by atoms with E-state index in [1.54, 1.807) is 12.3 Å². The van der Waals surface area contributed by atoms with Crippen molar-refractivity contribution in [3.05, 3.63) is 60.6 Å². The largest absolute Gasteiger partial charge is 0.406 e. The van der Waals surface area contributed by atoms with Crippen molar-refractivity contribution in [2.24, 2.45) is 0 Å². The van der Waals surface area contributed by atoms with E-state index < -0.39 is 24.2 Å². The second-order valence-corrected chi connectivity index (χ2v) is 7.51. The highest BCUT2D eigenvalue weighted by Gasteiger charge is 2.49. The predicted molar refractivity (Wildman–Crippen MR) is 108 cm³/mol. The molecule has 1 amide bonds. The van der Waals surface area contributed by atoms with Crippen LogP contribution in [0, 0.1) is 0 Å². The summed E-state index contributed by atoms with van der Waals surface area (Å²) in [4.78, 5) is 22.0. The summed E-state index contributed by atoms with van der Waals surface area (Å²) in [6, 6.07) is 15.5. The number of carbonyl (C=O) groups is 1. The van der Waals surface area contributed by atoms with Gasteiger partial charge in [0.2, 0.25) is 5.91 Å². The zero-order valence-corrected chi connectivity index (χ0v) is 16.4. The van der Waals surface area contributed by atoms with E-state index in [-0.39, 0.29) is 12.4 Å². The second kappa shape index (κ2) is 7.68. The fourth-order valence-electron chi connectivity index (χ4n) is 4.06. The third kappa shape index (κ3) is 3.87. The van der Waals surface area contributed by atoms with Gasteiger partial charge in [0.05, 0.1) is 5.69 Å². The molecule has 1 fully saturated rings. The number of amides is 1. The Morgan fingerprint density at radius 3 is 2.60 bits per heavy atom. The van der Waals surface area contributed by atoms with Gasteiger partial charge in [0.25, 0.3) is 0 Å². The Kier molecular flexibility index (Phi) is 5.19.